The maximum absolute atomic E-state index is 13.7. The molecule has 36 heavy (non-hydrogen) atoms. The molecule has 4 aliphatic rings. The molecule has 0 amide bonds. The van der Waals surface area contributed by atoms with Crippen LogP contribution in [-0.2, 0) is 14.3 Å². The number of ether oxygens (including phenoxy) is 3. The minimum Gasteiger partial charge on any atom is -0.473 e. The zero-order valence-corrected chi connectivity index (χ0v) is 21.5. The van der Waals surface area contributed by atoms with Gasteiger partial charge in [-0.25, -0.2) is 0 Å². The molecule has 196 valence electrons. The van der Waals surface area contributed by atoms with Crippen LogP contribution in [0.25, 0.3) is 5.70 Å². The predicted octanol–water partition coefficient (Wildman–Crippen LogP) is 3.06. The van der Waals surface area contributed by atoms with Gasteiger partial charge in [0.15, 0.2) is 11.6 Å². The van der Waals surface area contributed by atoms with Gasteiger partial charge in [-0.3, -0.25) is 14.5 Å². The molecule has 9 heteroatoms. The average molecular weight is 499 g/mol. The molecule has 0 radical (unpaired) electrons. The first-order valence-corrected chi connectivity index (χ1v) is 13.4. The van der Waals surface area contributed by atoms with Crippen LogP contribution in [0.2, 0.25) is 0 Å². The first-order valence-electron chi connectivity index (χ1n) is 13.4. The molecular weight excluding hydrogens is 460 g/mol. The minimum absolute atomic E-state index is 0.0570. The van der Waals surface area contributed by atoms with Crippen molar-refractivity contribution in [1.29, 1.82) is 0 Å². The van der Waals surface area contributed by atoms with Crippen LogP contribution >= 0.6 is 0 Å². The van der Waals surface area contributed by atoms with E-state index in [1.807, 2.05) is 6.92 Å². The highest BCUT2D eigenvalue weighted by Crippen LogP contribution is 2.45. The van der Waals surface area contributed by atoms with Crippen molar-refractivity contribution in [2.75, 3.05) is 26.8 Å². The molecule has 1 spiro atoms. The maximum atomic E-state index is 13.7. The normalized spacial score (nSPS) is 31.6. The molecule has 3 heterocycles. The second-order valence-corrected chi connectivity index (χ2v) is 10.8. The monoisotopic (exact) mass is 498 g/mol. The molecule has 9 nitrogen and oxygen atoms in total. The topological polar surface area (TPSA) is 117 Å². The number of ketones is 2. The summed E-state index contributed by atoms with van der Waals surface area (Å²) in [6.45, 7) is 4.24. The molecule has 2 N–H and O–H groups in total. The Labute approximate surface area is 212 Å². The molecule has 1 aromatic rings. The lowest BCUT2D eigenvalue weighted by Crippen LogP contribution is -2.45. The Balaban J connectivity index is 1.47. The smallest absolute Gasteiger partial charge is 0.221 e. The SMILES string of the molecule is C[C@H](Oc1cc(O[C@H]2CCOC2)nc(C(N)=C2CCC[C@@]3(CCCCC3=O)C2=O)n1)[C@@H]1CCCN1C. The molecule has 1 aromatic heterocycles. The number of aromatic nitrogens is 2. The Morgan fingerprint density at radius 1 is 1.14 bits per heavy atom. The van der Waals surface area contributed by atoms with Gasteiger partial charge in [0.2, 0.25) is 11.8 Å². The molecule has 2 saturated heterocycles. The van der Waals surface area contributed by atoms with Crippen LogP contribution < -0.4 is 15.2 Å². The lowest BCUT2D eigenvalue weighted by Gasteiger charge is -2.38. The number of likely N-dealkylation sites (N-methyl/N-ethyl adjacent to an activating group) is 1. The molecule has 5 rings (SSSR count). The Morgan fingerprint density at radius 2 is 1.94 bits per heavy atom. The van der Waals surface area contributed by atoms with Gasteiger partial charge in [0.25, 0.3) is 0 Å². The van der Waals surface area contributed by atoms with Crippen molar-refractivity contribution in [3.63, 3.8) is 0 Å². The number of Topliss-reactive ketones (excluding diaryl/α,β-unsaturated/α-hetero) is 2. The van der Waals surface area contributed by atoms with Crippen molar-refractivity contribution in [3.05, 3.63) is 17.5 Å². The first-order chi connectivity index (χ1) is 17.4. The summed E-state index contributed by atoms with van der Waals surface area (Å²) in [5.74, 6) is 0.863. The van der Waals surface area contributed by atoms with Crippen molar-refractivity contribution in [3.8, 4) is 11.8 Å². The fourth-order valence-electron chi connectivity index (χ4n) is 6.29. The third-order valence-electron chi connectivity index (χ3n) is 8.38. The largest absolute Gasteiger partial charge is 0.473 e. The van der Waals surface area contributed by atoms with Crippen LogP contribution in [0, 0.1) is 5.41 Å². The van der Waals surface area contributed by atoms with Gasteiger partial charge in [-0.1, -0.05) is 6.42 Å². The number of hydrogen-bond acceptors (Lipinski definition) is 9. The summed E-state index contributed by atoms with van der Waals surface area (Å²) in [6.07, 6.45) is 7.47. The molecular formula is C27H38N4O5. The number of allylic oxidation sites excluding steroid dienone is 1. The summed E-state index contributed by atoms with van der Waals surface area (Å²) in [4.78, 5) is 38.1. The summed E-state index contributed by atoms with van der Waals surface area (Å²) >= 11 is 0. The summed E-state index contributed by atoms with van der Waals surface area (Å²) in [7, 11) is 2.11. The number of carbonyl (C=O) groups is 2. The second kappa shape index (κ2) is 10.5. The Kier molecular flexibility index (Phi) is 7.30. The highest BCUT2D eigenvalue weighted by Gasteiger charge is 2.49. The molecule has 0 unspecified atom stereocenters. The van der Waals surface area contributed by atoms with E-state index in [2.05, 4.69) is 21.9 Å². The Bertz CT molecular complexity index is 1030. The van der Waals surface area contributed by atoms with E-state index in [0.717, 1.165) is 45.1 Å². The van der Waals surface area contributed by atoms with Gasteiger partial charge in [0, 0.05) is 24.5 Å². The van der Waals surface area contributed by atoms with Gasteiger partial charge >= 0.3 is 0 Å². The van der Waals surface area contributed by atoms with E-state index >= 15 is 0 Å². The third kappa shape index (κ3) is 4.87. The van der Waals surface area contributed by atoms with Crippen molar-refractivity contribution in [1.82, 2.24) is 14.9 Å². The van der Waals surface area contributed by atoms with Gasteiger partial charge in [-0.15, -0.1) is 0 Å². The van der Waals surface area contributed by atoms with E-state index in [9.17, 15) is 9.59 Å². The summed E-state index contributed by atoms with van der Waals surface area (Å²) < 4.78 is 17.8. The fraction of sp³-hybridized carbons (Fsp3) is 0.704. The predicted molar refractivity (Wildman–Crippen MR) is 133 cm³/mol. The highest BCUT2D eigenvalue weighted by atomic mass is 16.6. The summed E-state index contributed by atoms with van der Waals surface area (Å²) in [5.41, 5.74) is 6.36. The van der Waals surface area contributed by atoms with E-state index in [1.165, 1.54) is 0 Å². The molecule has 4 atom stereocenters. The summed E-state index contributed by atoms with van der Waals surface area (Å²) in [5, 5.41) is 0. The van der Waals surface area contributed by atoms with E-state index < -0.39 is 5.41 Å². The number of nitrogens with two attached hydrogens (primary N) is 1. The van der Waals surface area contributed by atoms with Gasteiger partial charge in [-0.2, -0.15) is 9.97 Å². The van der Waals surface area contributed by atoms with Crippen molar-refractivity contribution in [2.24, 2.45) is 11.1 Å². The van der Waals surface area contributed by atoms with Gasteiger partial charge in [0.05, 0.1) is 30.4 Å². The quantitative estimate of drug-likeness (QED) is 0.466. The van der Waals surface area contributed by atoms with E-state index in [0.29, 0.717) is 62.3 Å². The number of hydrogen-bond donors (Lipinski definition) is 1. The van der Waals surface area contributed by atoms with Crippen LogP contribution in [0.5, 0.6) is 11.8 Å². The molecule has 4 fully saturated rings. The molecule has 2 saturated carbocycles. The van der Waals surface area contributed by atoms with E-state index in [4.69, 9.17) is 19.9 Å². The number of nitrogens with zero attached hydrogens (tertiary/aromatic N) is 3. The van der Waals surface area contributed by atoms with Crippen LogP contribution in [0.15, 0.2) is 11.6 Å². The second-order valence-electron chi connectivity index (χ2n) is 10.8. The van der Waals surface area contributed by atoms with E-state index in [-0.39, 0.29) is 35.3 Å². The summed E-state index contributed by atoms with van der Waals surface area (Å²) in [6, 6.07) is 1.99. The number of carbonyl (C=O) groups excluding carboxylic acids is 2. The minimum atomic E-state index is -0.924. The number of likely N-dealkylation sites (tertiary alicyclic amines) is 1. The molecule has 2 aliphatic carbocycles. The molecule has 0 aromatic carbocycles. The fourth-order valence-corrected chi connectivity index (χ4v) is 6.29. The highest BCUT2D eigenvalue weighted by molar-refractivity contribution is 6.17. The Hall–Kier alpha value is -2.52. The van der Waals surface area contributed by atoms with Gasteiger partial charge in [-0.05, 0) is 65.5 Å². The Morgan fingerprint density at radius 3 is 2.67 bits per heavy atom. The maximum Gasteiger partial charge on any atom is 0.221 e. The zero-order valence-electron chi connectivity index (χ0n) is 21.5. The average Bonchev–Trinajstić information content (AvgIpc) is 3.53. The van der Waals surface area contributed by atoms with Crippen LogP contribution in [0.4, 0.5) is 0 Å². The van der Waals surface area contributed by atoms with Crippen LogP contribution in [0.3, 0.4) is 0 Å². The van der Waals surface area contributed by atoms with Gasteiger partial charge in [0.1, 0.15) is 18.0 Å². The standard InChI is InChI=1S/C27H38N4O5/c1-17(20-8-6-13-31(20)2)35-22-15-23(36-18-10-14-34-16-18)30-26(29-22)24(28)19-7-5-12-27(25(19)33)11-4-3-9-21(27)32/h15,17-18,20H,3-14,16,28H2,1-2H3/t17-,18-,20-,27+/m0/s1. The van der Waals surface area contributed by atoms with Crippen LogP contribution in [0.1, 0.15) is 77.0 Å². The van der Waals surface area contributed by atoms with Gasteiger partial charge < -0.3 is 19.9 Å². The zero-order chi connectivity index (χ0) is 25.3. The van der Waals surface area contributed by atoms with Crippen molar-refractivity contribution < 1.29 is 23.8 Å². The molecule has 0 bridgehead atoms. The van der Waals surface area contributed by atoms with E-state index in [1.54, 1.807) is 6.07 Å². The molecule has 2 aliphatic heterocycles. The lowest BCUT2D eigenvalue weighted by atomic mass is 9.62. The third-order valence-corrected chi connectivity index (χ3v) is 8.38. The van der Waals surface area contributed by atoms with Crippen LogP contribution in [-0.4, -0.2) is 71.5 Å². The van der Waals surface area contributed by atoms with Crippen molar-refractivity contribution in [2.45, 2.75) is 89.4 Å². The van der Waals surface area contributed by atoms with Crippen molar-refractivity contribution >= 4 is 17.3 Å². The first kappa shape index (κ1) is 25.1. The number of rotatable bonds is 6. The lowest BCUT2D eigenvalue weighted by molar-refractivity contribution is -0.143.